The van der Waals surface area contributed by atoms with Gasteiger partial charge in [0, 0.05) is 23.7 Å². The number of rotatable bonds is 7. The molecule has 3 aromatic rings. The van der Waals surface area contributed by atoms with Gasteiger partial charge in [-0.15, -0.1) is 6.42 Å². The number of benzene rings is 2. The quantitative estimate of drug-likeness (QED) is 0.585. The van der Waals surface area contributed by atoms with E-state index in [-0.39, 0.29) is 18.8 Å². The molecule has 1 aliphatic carbocycles. The largest absolute Gasteiger partial charge is 0.490 e. The molecule has 2 aromatic carbocycles. The Morgan fingerprint density at radius 3 is 2.97 bits per heavy atom. The standard InChI is InChI=1S/C24H25N3O3/c1-4-16-14-17(8-11-22(16)29-15(2)3)24-26-23(27-30-24)20-7-5-6-19-18(20)9-10-21(19)25-12-13-28/h1,5-8,11,14-15,21,25,28H,9-10,12-13H2,2-3H3/t21-/m1/s1. The zero-order valence-corrected chi connectivity index (χ0v) is 17.2. The summed E-state index contributed by atoms with van der Waals surface area (Å²) in [6.45, 7) is 4.62. The van der Waals surface area contributed by atoms with Crippen molar-refractivity contribution in [1.29, 1.82) is 0 Å². The van der Waals surface area contributed by atoms with Crippen LogP contribution in [0.25, 0.3) is 22.8 Å². The highest BCUT2D eigenvalue weighted by Gasteiger charge is 2.26. The highest BCUT2D eigenvalue weighted by atomic mass is 16.5. The van der Waals surface area contributed by atoms with Crippen molar-refractivity contribution in [2.75, 3.05) is 13.2 Å². The molecule has 0 bridgehead atoms. The summed E-state index contributed by atoms with van der Waals surface area (Å²) in [5.74, 6) is 4.31. The maximum absolute atomic E-state index is 9.10. The second kappa shape index (κ2) is 8.70. The Balaban J connectivity index is 1.63. The van der Waals surface area contributed by atoms with Crippen LogP contribution in [-0.2, 0) is 6.42 Å². The van der Waals surface area contributed by atoms with Gasteiger partial charge in [-0.1, -0.05) is 29.3 Å². The van der Waals surface area contributed by atoms with Crippen LogP contribution in [0.5, 0.6) is 5.75 Å². The summed E-state index contributed by atoms with van der Waals surface area (Å²) in [6.07, 6.45) is 7.61. The number of hydrogen-bond donors (Lipinski definition) is 2. The van der Waals surface area contributed by atoms with E-state index in [0.717, 1.165) is 24.0 Å². The predicted octanol–water partition coefficient (Wildman–Crippen LogP) is 3.74. The second-order valence-electron chi connectivity index (χ2n) is 7.59. The molecule has 0 aliphatic heterocycles. The monoisotopic (exact) mass is 403 g/mol. The molecule has 6 nitrogen and oxygen atoms in total. The fourth-order valence-corrected chi connectivity index (χ4v) is 3.90. The molecule has 0 saturated carbocycles. The topological polar surface area (TPSA) is 80.4 Å². The van der Waals surface area contributed by atoms with Crippen LogP contribution < -0.4 is 10.1 Å². The van der Waals surface area contributed by atoms with Crippen LogP contribution in [0.1, 0.15) is 43.0 Å². The first-order chi connectivity index (χ1) is 14.6. The molecule has 1 atom stereocenters. The lowest BCUT2D eigenvalue weighted by Crippen LogP contribution is -2.22. The van der Waals surface area contributed by atoms with Crippen molar-refractivity contribution >= 4 is 0 Å². The first-order valence-electron chi connectivity index (χ1n) is 10.2. The van der Waals surface area contributed by atoms with Crippen LogP contribution >= 0.6 is 0 Å². The van der Waals surface area contributed by atoms with E-state index in [0.29, 0.717) is 29.6 Å². The average Bonchev–Trinajstić information content (AvgIpc) is 3.39. The van der Waals surface area contributed by atoms with Gasteiger partial charge in [0.2, 0.25) is 5.82 Å². The minimum Gasteiger partial charge on any atom is -0.490 e. The highest BCUT2D eigenvalue weighted by Crippen LogP contribution is 2.37. The maximum Gasteiger partial charge on any atom is 0.258 e. The zero-order valence-electron chi connectivity index (χ0n) is 17.2. The summed E-state index contributed by atoms with van der Waals surface area (Å²) >= 11 is 0. The van der Waals surface area contributed by atoms with Crippen LogP contribution in [0.4, 0.5) is 0 Å². The van der Waals surface area contributed by atoms with Gasteiger partial charge in [0.1, 0.15) is 5.75 Å². The minimum absolute atomic E-state index is 0.0360. The van der Waals surface area contributed by atoms with Crippen LogP contribution in [0.15, 0.2) is 40.9 Å². The lowest BCUT2D eigenvalue weighted by molar-refractivity contribution is 0.242. The zero-order chi connectivity index (χ0) is 21.1. The SMILES string of the molecule is C#Cc1cc(-c2nc(-c3cccc4c3CC[C@H]4NCCO)no2)ccc1OC(C)C. The van der Waals surface area contributed by atoms with E-state index in [1.807, 2.05) is 44.2 Å². The Bertz CT molecular complexity index is 1080. The molecule has 1 heterocycles. The van der Waals surface area contributed by atoms with Gasteiger partial charge in [0.15, 0.2) is 0 Å². The predicted molar refractivity (Wildman–Crippen MR) is 115 cm³/mol. The van der Waals surface area contributed by atoms with E-state index in [4.69, 9.17) is 20.8 Å². The molecule has 0 saturated heterocycles. The maximum atomic E-state index is 9.10. The van der Waals surface area contributed by atoms with Crippen molar-refractivity contribution in [2.45, 2.75) is 38.8 Å². The van der Waals surface area contributed by atoms with E-state index in [1.165, 1.54) is 11.1 Å². The van der Waals surface area contributed by atoms with Crippen LogP contribution in [0.2, 0.25) is 0 Å². The van der Waals surface area contributed by atoms with E-state index < -0.39 is 0 Å². The average molecular weight is 403 g/mol. The summed E-state index contributed by atoms with van der Waals surface area (Å²) in [5, 5.41) is 16.7. The van der Waals surface area contributed by atoms with Crippen molar-refractivity contribution in [3.05, 3.63) is 53.1 Å². The van der Waals surface area contributed by atoms with E-state index in [1.54, 1.807) is 0 Å². The Morgan fingerprint density at radius 2 is 2.20 bits per heavy atom. The fourth-order valence-electron chi connectivity index (χ4n) is 3.90. The van der Waals surface area contributed by atoms with Crippen molar-refractivity contribution in [2.24, 2.45) is 0 Å². The Morgan fingerprint density at radius 1 is 1.33 bits per heavy atom. The number of aliphatic hydroxyl groups is 1. The van der Waals surface area contributed by atoms with Gasteiger partial charge in [0.25, 0.3) is 5.89 Å². The number of aliphatic hydroxyl groups excluding tert-OH is 1. The second-order valence-corrected chi connectivity index (χ2v) is 7.59. The Hall–Kier alpha value is -3.14. The third kappa shape index (κ3) is 3.95. The molecule has 4 rings (SSSR count). The van der Waals surface area contributed by atoms with Crippen molar-refractivity contribution in [3.8, 4) is 40.9 Å². The summed E-state index contributed by atoms with van der Waals surface area (Å²) in [5.41, 5.74) is 4.85. The molecule has 0 unspecified atom stereocenters. The van der Waals surface area contributed by atoms with Gasteiger partial charge < -0.3 is 19.7 Å². The number of terminal acetylenes is 1. The number of nitrogens with one attached hydrogen (secondary N) is 1. The van der Waals surface area contributed by atoms with Gasteiger partial charge in [-0.3, -0.25) is 0 Å². The Kier molecular flexibility index (Phi) is 5.84. The van der Waals surface area contributed by atoms with Gasteiger partial charge in [0.05, 0.1) is 18.3 Å². The molecular formula is C24H25N3O3. The molecule has 6 heteroatoms. The molecule has 2 N–H and O–H groups in total. The number of ether oxygens (including phenoxy) is 1. The van der Waals surface area contributed by atoms with Crippen molar-refractivity contribution in [1.82, 2.24) is 15.5 Å². The van der Waals surface area contributed by atoms with Crippen LogP contribution in [0.3, 0.4) is 0 Å². The molecule has 154 valence electrons. The number of fused-ring (bicyclic) bond motifs is 1. The van der Waals surface area contributed by atoms with Gasteiger partial charge >= 0.3 is 0 Å². The molecular weight excluding hydrogens is 378 g/mol. The Labute approximate surface area is 176 Å². The van der Waals surface area contributed by atoms with E-state index in [9.17, 15) is 0 Å². The van der Waals surface area contributed by atoms with Gasteiger partial charge in [-0.05, 0) is 56.0 Å². The summed E-state index contributed by atoms with van der Waals surface area (Å²) in [4.78, 5) is 4.63. The van der Waals surface area contributed by atoms with Gasteiger partial charge in [-0.2, -0.15) is 4.98 Å². The molecule has 30 heavy (non-hydrogen) atoms. The molecule has 0 fully saturated rings. The number of hydrogen-bond acceptors (Lipinski definition) is 6. The lowest BCUT2D eigenvalue weighted by Gasteiger charge is -2.13. The van der Waals surface area contributed by atoms with Crippen LogP contribution in [0, 0.1) is 12.3 Å². The third-order valence-corrected chi connectivity index (χ3v) is 5.18. The molecule has 1 aromatic heterocycles. The smallest absolute Gasteiger partial charge is 0.258 e. The molecule has 1 aliphatic rings. The van der Waals surface area contributed by atoms with Crippen molar-refractivity contribution in [3.63, 3.8) is 0 Å². The summed E-state index contributed by atoms with van der Waals surface area (Å²) in [6, 6.07) is 11.9. The van der Waals surface area contributed by atoms with Gasteiger partial charge in [-0.25, -0.2) is 0 Å². The minimum atomic E-state index is 0.0360. The first kappa shape index (κ1) is 20.1. The van der Waals surface area contributed by atoms with Crippen molar-refractivity contribution < 1.29 is 14.4 Å². The van der Waals surface area contributed by atoms with Crippen LogP contribution in [-0.4, -0.2) is 34.5 Å². The molecule has 0 amide bonds. The normalized spacial score (nSPS) is 15.2. The van der Waals surface area contributed by atoms with E-state index >= 15 is 0 Å². The summed E-state index contributed by atoms with van der Waals surface area (Å²) in [7, 11) is 0. The highest BCUT2D eigenvalue weighted by molar-refractivity contribution is 5.67. The number of nitrogens with zero attached hydrogens (tertiary/aromatic N) is 2. The lowest BCUT2D eigenvalue weighted by atomic mass is 10.0. The number of aromatic nitrogens is 2. The molecule has 0 radical (unpaired) electrons. The van der Waals surface area contributed by atoms with E-state index in [2.05, 4.69) is 27.4 Å². The molecule has 0 spiro atoms. The fraction of sp³-hybridized carbons (Fsp3) is 0.333. The summed E-state index contributed by atoms with van der Waals surface area (Å²) < 4.78 is 11.3. The third-order valence-electron chi connectivity index (χ3n) is 5.18. The first-order valence-corrected chi connectivity index (χ1v) is 10.2.